The predicted molar refractivity (Wildman–Crippen MR) is 89.8 cm³/mol. The Bertz CT molecular complexity index is 584. The molecular formula is C16H25N3O7. The monoisotopic (exact) mass is 371 g/mol. The van der Waals surface area contributed by atoms with Crippen molar-refractivity contribution >= 4 is 11.7 Å². The summed E-state index contributed by atoms with van der Waals surface area (Å²) in [6, 6.07) is 6.54. The van der Waals surface area contributed by atoms with Gasteiger partial charge in [0.15, 0.2) is 0 Å². The molecule has 1 saturated heterocycles. The number of hydroxylamine groups is 2. The van der Waals surface area contributed by atoms with Crippen LogP contribution in [-0.2, 0) is 11.2 Å². The van der Waals surface area contributed by atoms with Crippen LogP contribution in [0.1, 0.15) is 12.0 Å². The summed E-state index contributed by atoms with van der Waals surface area (Å²) in [6.07, 6.45) is -5.33. The zero-order chi connectivity index (χ0) is 19.3. The van der Waals surface area contributed by atoms with Gasteiger partial charge in [0, 0.05) is 19.2 Å². The lowest BCUT2D eigenvalue weighted by Gasteiger charge is -2.41. The number of hydrogen-bond acceptors (Lipinski definition) is 8. The van der Waals surface area contributed by atoms with E-state index in [1.165, 1.54) is 7.05 Å². The van der Waals surface area contributed by atoms with Crippen LogP contribution in [-0.4, -0.2) is 81.1 Å². The molecule has 2 rings (SSSR count). The Morgan fingerprint density at radius 1 is 1.08 bits per heavy atom. The van der Waals surface area contributed by atoms with Gasteiger partial charge in [-0.25, -0.2) is 4.79 Å². The summed E-state index contributed by atoms with van der Waals surface area (Å²) in [4.78, 5) is 11.3. The van der Waals surface area contributed by atoms with Crippen LogP contribution in [0.5, 0.6) is 0 Å². The van der Waals surface area contributed by atoms with Gasteiger partial charge in [0.25, 0.3) is 0 Å². The molecule has 1 aliphatic rings. The van der Waals surface area contributed by atoms with Gasteiger partial charge >= 0.3 is 6.03 Å². The van der Waals surface area contributed by atoms with Crippen LogP contribution in [0.25, 0.3) is 0 Å². The first-order valence-electron chi connectivity index (χ1n) is 8.24. The van der Waals surface area contributed by atoms with E-state index in [9.17, 15) is 20.1 Å². The van der Waals surface area contributed by atoms with Gasteiger partial charge in [-0.15, -0.1) is 0 Å². The van der Waals surface area contributed by atoms with Gasteiger partial charge in [0.2, 0.25) is 0 Å². The number of carbonyl (C=O) groups excluding carboxylic acids is 1. The van der Waals surface area contributed by atoms with Crippen LogP contribution in [0.3, 0.4) is 0 Å². The number of hydrogen-bond donors (Lipinski definition) is 7. The molecule has 1 fully saturated rings. The second-order valence-electron chi connectivity index (χ2n) is 6.17. The average molecular weight is 371 g/mol. The van der Waals surface area contributed by atoms with E-state index in [0.29, 0.717) is 5.69 Å². The molecule has 0 aliphatic carbocycles. The molecule has 0 saturated carbocycles. The van der Waals surface area contributed by atoms with Crippen molar-refractivity contribution in [3.8, 4) is 0 Å². The molecular weight excluding hydrogens is 346 g/mol. The normalized spacial score (nSPS) is 28.8. The van der Waals surface area contributed by atoms with Crippen LogP contribution in [0.4, 0.5) is 10.5 Å². The van der Waals surface area contributed by atoms with Gasteiger partial charge in [-0.3, -0.25) is 10.4 Å². The first kappa shape index (κ1) is 20.5. The first-order valence-corrected chi connectivity index (χ1v) is 8.24. The molecule has 1 aromatic rings. The van der Waals surface area contributed by atoms with E-state index in [0.717, 1.165) is 5.56 Å². The summed E-state index contributed by atoms with van der Waals surface area (Å²) in [5.74, 6) is 0. The Balaban J connectivity index is 2.01. The van der Waals surface area contributed by atoms with Crippen molar-refractivity contribution in [2.24, 2.45) is 0 Å². The number of urea groups is 1. The fourth-order valence-corrected chi connectivity index (χ4v) is 2.83. The molecule has 1 aromatic carbocycles. The van der Waals surface area contributed by atoms with Gasteiger partial charge in [-0.2, -0.15) is 0 Å². The van der Waals surface area contributed by atoms with E-state index in [-0.39, 0.29) is 30.6 Å². The summed E-state index contributed by atoms with van der Waals surface area (Å²) < 4.78 is 5.66. The van der Waals surface area contributed by atoms with Crippen molar-refractivity contribution in [2.75, 3.05) is 18.9 Å². The van der Waals surface area contributed by atoms with E-state index >= 15 is 0 Å². The zero-order valence-electron chi connectivity index (χ0n) is 14.3. The Morgan fingerprint density at radius 2 is 1.69 bits per heavy atom. The van der Waals surface area contributed by atoms with Gasteiger partial charge in [0.05, 0.1) is 18.8 Å². The summed E-state index contributed by atoms with van der Waals surface area (Å²) in [6.45, 7) is -0.183. The van der Waals surface area contributed by atoms with Crippen molar-refractivity contribution in [3.63, 3.8) is 0 Å². The molecule has 0 radical (unpaired) electrons. The van der Waals surface area contributed by atoms with Crippen LogP contribution >= 0.6 is 0 Å². The molecule has 0 spiro atoms. The van der Waals surface area contributed by atoms with Crippen LogP contribution in [0, 0.1) is 0 Å². The summed E-state index contributed by atoms with van der Waals surface area (Å²) >= 11 is 0. The van der Waals surface area contributed by atoms with Gasteiger partial charge in [-0.1, -0.05) is 17.4 Å². The maximum atomic E-state index is 11.3. The van der Waals surface area contributed by atoms with Crippen molar-refractivity contribution < 1.29 is 35.3 Å². The molecule has 10 nitrogen and oxygen atoms in total. The number of nitrogens with zero attached hydrogens (tertiary/aromatic N) is 1. The Labute approximate surface area is 150 Å². The van der Waals surface area contributed by atoms with Crippen LogP contribution < -0.4 is 10.6 Å². The molecule has 0 bridgehead atoms. The average Bonchev–Trinajstić information content (AvgIpc) is 2.62. The highest BCUT2D eigenvalue weighted by molar-refractivity contribution is 5.88. The number of rotatable bonds is 6. The smallest absolute Gasteiger partial charge is 0.318 e. The minimum absolute atomic E-state index is 0.0271. The minimum atomic E-state index is -1.40. The second kappa shape index (κ2) is 9.24. The van der Waals surface area contributed by atoms with Crippen LogP contribution in [0.15, 0.2) is 24.3 Å². The standard InChI is InChI=1S/C16H25N3O7/c1-17-16(23)18-10-4-2-9(3-5-10)8-12-14(21)15(22)13(20)11(26-12)6-7-19(24)25/h2-5,11-15,20-22,24-25H,6-8H2,1H3,(H2,17,18,23)/t11-,12-,13-,14?,15?/m1/s1. The topological polar surface area (TPSA) is 155 Å². The fraction of sp³-hybridized carbons (Fsp3) is 0.562. The van der Waals surface area contributed by atoms with Gasteiger partial charge < -0.3 is 30.7 Å². The van der Waals surface area contributed by atoms with Crippen molar-refractivity contribution in [2.45, 2.75) is 43.4 Å². The van der Waals surface area contributed by atoms with Gasteiger partial charge in [-0.05, 0) is 24.1 Å². The molecule has 7 N–H and O–H groups in total. The van der Waals surface area contributed by atoms with Crippen LogP contribution in [0.2, 0.25) is 0 Å². The molecule has 5 atom stereocenters. The SMILES string of the molecule is CNC(=O)Nc1ccc(C[C@H]2O[C@H](CCN(O)O)[C@@H](O)C(O)C2O)cc1. The Hall–Kier alpha value is -1.79. The van der Waals surface area contributed by atoms with E-state index in [2.05, 4.69) is 10.6 Å². The molecule has 1 aliphatic heterocycles. The number of aliphatic hydroxyl groups is 3. The molecule has 0 aromatic heterocycles. The summed E-state index contributed by atoms with van der Waals surface area (Å²) in [5, 5.41) is 52.8. The third-order valence-corrected chi connectivity index (χ3v) is 4.30. The Morgan fingerprint density at radius 3 is 2.27 bits per heavy atom. The maximum Gasteiger partial charge on any atom is 0.318 e. The largest absolute Gasteiger partial charge is 0.388 e. The lowest BCUT2D eigenvalue weighted by atomic mass is 9.90. The molecule has 26 heavy (non-hydrogen) atoms. The summed E-state index contributed by atoms with van der Waals surface area (Å²) in [5.41, 5.74) is 1.39. The Kier molecular flexibility index (Phi) is 7.29. The third kappa shape index (κ3) is 5.35. The van der Waals surface area contributed by atoms with Gasteiger partial charge in [0.1, 0.15) is 18.3 Å². The first-order chi connectivity index (χ1) is 12.3. The van der Waals surface area contributed by atoms with Crippen molar-refractivity contribution in [1.29, 1.82) is 0 Å². The lowest BCUT2D eigenvalue weighted by Crippen LogP contribution is -2.58. The molecule has 146 valence electrons. The number of anilines is 1. The van der Waals surface area contributed by atoms with E-state index in [1.54, 1.807) is 24.3 Å². The number of benzene rings is 1. The number of amides is 2. The zero-order valence-corrected chi connectivity index (χ0v) is 14.3. The fourth-order valence-electron chi connectivity index (χ4n) is 2.83. The van der Waals surface area contributed by atoms with Crippen molar-refractivity contribution in [1.82, 2.24) is 10.5 Å². The second-order valence-corrected chi connectivity index (χ2v) is 6.17. The molecule has 1 heterocycles. The number of carbonyl (C=O) groups is 1. The highest BCUT2D eigenvalue weighted by Crippen LogP contribution is 2.26. The number of aliphatic hydroxyl groups excluding tert-OH is 3. The lowest BCUT2D eigenvalue weighted by molar-refractivity contribution is -0.312. The highest BCUT2D eigenvalue weighted by atomic mass is 16.8. The van der Waals surface area contributed by atoms with E-state index in [1.807, 2.05) is 0 Å². The number of ether oxygens (including phenoxy) is 1. The third-order valence-electron chi connectivity index (χ3n) is 4.30. The number of nitrogens with one attached hydrogen (secondary N) is 2. The molecule has 10 heteroatoms. The van der Waals surface area contributed by atoms with E-state index < -0.39 is 30.5 Å². The predicted octanol–water partition coefficient (Wildman–Crippen LogP) is -0.699. The van der Waals surface area contributed by atoms with Crippen molar-refractivity contribution in [3.05, 3.63) is 29.8 Å². The van der Waals surface area contributed by atoms with E-state index in [4.69, 9.17) is 15.2 Å². The molecule has 2 unspecified atom stereocenters. The minimum Gasteiger partial charge on any atom is -0.388 e. The maximum absolute atomic E-state index is 11.3. The summed E-state index contributed by atoms with van der Waals surface area (Å²) in [7, 11) is 1.51. The highest BCUT2D eigenvalue weighted by Gasteiger charge is 2.43. The molecule has 2 amide bonds. The quantitative estimate of drug-likeness (QED) is 0.324.